The summed E-state index contributed by atoms with van der Waals surface area (Å²) in [4.78, 5) is 9.44. The third-order valence-electron chi connectivity index (χ3n) is 10.0. The molecule has 0 amide bonds. The number of aromatic nitrogens is 2. The van der Waals surface area contributed by atoms with Gasteiger partial charge in [-0.25, -0.2) is 9.97 Å². The highest BCUT2D eigenvalue weighted by molar-refractivity contribution is 5.85. The van der Waals surface area contributed by atoms with Crippen molar-refractivity contribution in [1.82, 2.24) is 9.97 Å². The normalized spacial score (nSPS) is 10.7. The Hall–Kier alpha value is -3.26. The van der Waals surface area contributed by atoms with E-state index in [0.717, 1.165) is 82.0 Å². The molecule has 0 saturated heterocycles. The van der Waals surface area contributed by atoms with Gasteiger partial charge in [0.2, 0.25) is 0 Å². The van der Waals surface area contributed by atoms with Crippen molar-refractivity contribution in [2.75, 3.05) is 31.1 Å². The minimum atomic E-state index is 0. The third-order valence-corrected chi connectivity index (χ3v) is 10.0. The number of benzene rings is 2. The maximum Gasteiger partial charge on any atom is 0.127 e. The molecule has 0 aliphatic heterocycles. The number of aryl methyl sites for hydroxylation is 5. The molecule has 0 bridgehead atoms. The second-order valence-electron chi connectivity index (χ2n) is 14.5. The summed E-state index contributed by atoms with van der Waals surface area (Å²) >= 11 is 0. The lowest BCUT2D eigenvalue weighted by Gasteiger charge is -2.13. The van der Waals surface area contributed by atoms with Gasteiger partial charge in [-0.1, -0.05) is 106 Å². The molecule has 2 aromatic carbocycles. The van der Waals surface area contributed by atoms with E-state index in [9.17, 15) is 0 Å². The summed E-state index contributed by atoms with van der Waals surface area (Å²) in [6.45, 7) is 6.82. The van der Waals surface area contributed by atoms with Crippen molar-refractivity contribution in [3.05, 3.63) is 70.3 Å². The maximum absolute atomic E-state index is 6.31. The summed E-state index contributed by atoms with van der Waals surface area (Å²) < 4.78 is 0. The van der Waals surface area contributed by atoms with Gasteiger partial charge in [-0.05, 0) is 155 Å². The molecule has 0 aliphatic carbocycles. The van der Waals surface area contributed by atoms with Crippen LogP contribution in [0.5, 0.6) is 0 Å². The Bertz CT molecular complexity index is 1550. The monoisotopic (exact) mass is 746 g/mol. The lowest BCUT2D eigenvalue weighted by Crippen LogP contribution is -2.02. The van der Waals surface area contributed by atoms with Crippen LogP contribution in [0.3, 0.4) is 0 Å². The van der Waals surface area contributed by atoms with Crippen LogP contribution in [0, 0.1) is 0 Å². The van der Waals surface area contributed by atoms with E-state index in [4.69, 9.17) is 33.7 Å². The van der Waals surface area contributed by atoms with Crippen molar-refractivity contribution in [1.29, 1.82) is 0 Å². The zero-order chi connectivity index (χ0) is 36.7. The van der Waals surface area contributed by atoms with E-state index < -0.39 is 0 Å². The van der Waals surface area contributed by atoms with Crippen LogP contribution in [0.25, 0.3) is 21.8 Å². The molecule has 0 unspecified atom stereocenters. The highest BCUT2D eigenvalue weighted by atomic mass is 14.8. The van der Waals surface area contributed by atoms with Gasteiger partial charge in [0.1, 0.15) is 11.6 Å². The molecule has 0 saturated carbocycles. The third kappa shape index (κ3) is 17.9. The van der Waals surface area contributed by atoms with Crippen molar-refractivity contribution in [3.63, 3.8) is 0 Å². The summed E-state index contributed by atoms with van der Waals surface area (Å²) in [5.41, 5.74) is 37.9. The quantitative estimate of drug-likeness (QED) is 0.0447. The minimum Gasteiger partial charge on any atom is -0.383 e. The van der Waals surface area contributed by atoms with Crippen molar-refractivity contribution in [3.8, 4) is 0 Å². The van der Waals surface area contributed by atoms with Gasteiger partial charge in [0.05, 0.1) is 11.0 Å². The van der Waals surface area contributed by atoms with Crippen molar-refractivity contribution >= 4 is 33.4 Å². The van der Waals surface area contributed by atoms with Crippen LogP contribution >= 0.6 is 0 Å². The molecule has 10 N–H and O–H groups in total. The number of hydrogen-bond acceptors (Lipinski definition) is 7. The smallest absolute Gasteiger partial charge is 0.127 e. The first-order chi connectivity index (χ1) is 24.9. The van der Waals surface area contributed by atoms with Gasteiger partial charge in [0, 0.05) is 10.8 Å². The fourth-order valence-electron chi connectivity index (χ4n) is 6.89. The van der Waals surface area contributed by atoms with Gasteiger partial charge in [-0.2, -0.15) is 0 Å². The zero-order valence-corrected chi connectivity index (χ0v) is 32.3. The molecule has 0 fully saturated rings. The van der Waals surface area contributed by atoms with Gasteiger partial charge in [-0.3, -0.25) is 0 Å². The van der Waals surface area contributed by atoms with E-state index in [1.165, 1.54) is 122 Å². The average Bonchev–Trinajstić information content (AvgIpc) is 3.13. The van der Waals surface area contributed by atoms with E-state index in [1.807, 2.05) is 0 Å². The average molecular weight is 746 g/mol. The molecule has 2 heterocycles. The van der Waals surface area contributed by atoms with Gasteiger partial charge in [0.25, 0.3) is 0 Å². The predicted octanol–water partition coefficient (Wildman–Crippen LogP) is 11.4. The number of hydrogen-bond donors (Lipinski definition) is 5. The summed E-state index contributed by atoms with van der Waals surface area (Å²) in [7, 11) is 0. The van der Waals surface area contributed by atoms with E-state index >= 15 is 0 Å². The Balaban J connectivity index is 0.00000100. The molecule has 7 nitrogen and oxygen atoms in total. The van der Waals surface area contributed by atoms with Crippen LogP contribution < -0.4 is 28.7 Å². The molecule has 0 radical (unpaired) electrons. The molecule has 0 atom stereocenters. The highest BCUT2D eigenvalue weighted by Crippen LogP contribution is 2.28. The molecule has 306 valence electrons. The van der Waals surface area contributed by atoms with E-state index in [0.29, 0.717) is 11.6 Å². The standard InChI is InChI=1S/C24H40N4.C20H31N3.3CH4/c1-2-3-6-13-21-18-22-20(12-8-5-10-15-26)16-19(11-7-4-9-14-25)17-23(22)28-24(21)27;1-2-3-6-10-18-15-17-12-11-16(9-7-4-5-8-13-21)14-19(17)23-20(18)22;;;/h16-18H,2-15,25-26H2,1H3,(H2,27,28);11-12,14-15H,2-10,13,21H2,1H3,(H2,22,23);3*1H4. The summed E-state index contributed by atoms with van der Waals surface area (Å²) in [6.07, 6.45) is 24.4. The van der Waals surface area contributed by atoms with Crippen LogP contribution in [0.2, 0.25) is 0 Å². The first-order valence-corrected chi connectivity index (χ1v) is 20.4. The summed E-state index contributed by atoms with van der Waals surface area (Å²) in [5, 5.41) is 2.50. The molecule has 0 aliphatic rings. The number of pyridine rings is 2. The van der Waals surface area contributed by atoms with Gasteiger partial charge >= 0.3 is 0 Å². The Kier molecular flexibility index (Phi) is 28.2. The fourth-order valence-corrected chi connectivity index (χ4v) is 6.89. The first kappa shape index (κ1) is 50.7. The lowest BCUT2D eigenvalue weighted by molar-refractivity contribution is 0.647. The lowest BCUT2D eigenvalue weighted by atomic mass is 9.95. The first-order valence-electron chi connectivity index (χ1n) is 20.4. The Labute approximate surface area is 332 Å². The number of nitrogens with zero attached hydrogens (tertiary/aromatic N) is 2. The SMILES string of the molecule is C.C.C.CCCCCc1cc2c(CCCCCN)cc(CCCCCN)cc2nc1N.CCCCCc1cc2ccc(CCCCCCN)cc2nc1N. The van der Waals surface area contributed by atoms with Crippen LogP contribution in [-0.4, -0.2) is 29.6 Å². The van der Waals surface area contributed by atoms with E-state index in [1.54, 1.807) is 0 Å². The molecule has 54 heavy (non-hydrogen) atoms. The minimum absolute atomic E-state index is 0. The van der Waals surface area contributed by atoms with E-state index in [2.05, 4.69) is 61.3 Å². The fraction of sp³-hybridized carbons (Fsp3) is 0.617. The molecule has 4 aromatic rings. The molecule has 0 spiro atoms. The molecule has 4 rings (SSSR count). The Morgan fingerprint density at radius 2 is 0.870 bits per heavy atom. The molecular formula is C47H83N7. The van der Waals surface area contributed by atoms with Crippen molar-refractivity contribution < 1.29 is 0 Å². The Morgan fingerprint density at radius 3 is 1.44 bits per heavy atom. The van der Waals surface area contributed by atoms with Gasteiger partial charge < -0.3 is 28.7 Å². The largest absolute Gasteiger partial charge is 0.383 e. The van der Waals surface area contributed by atoms with Crippen LogP contribution in [-0.2, 0) is 32.1 Å². The van der Waals surface area contributed by atoms with Crippen molar-refractivity contribution in [2.24, 2.45) is 17.2 Å². The molecule has 2 aromatic heterocycles. The van der Waals surface area contributed by atoms with Crippen LogP contribution in [0.1, 0.15) is 167 Å². The number of rotatable bonds is 24. The van der Waals surface area contributed by atoms with Gasteiger partial charge in [0.15, 0.2) is 0 Å². The predicted molar refractivity (Wildman–Crippen MR) is 243 cm³/mol. The van der Waals surface area contributed by atoms with Gasteiger partial charge in [-0.15, -0.1) is 0 Å². The number of anilines is 2. The van der Waals surface area contributed by atoms with Crippen molar-refractivity contribution in [2.45, 2.75) is 171 Å². The molecular weight excluding hydrogens is 663 g/mol. The van der Waals surface area contributed by atoms with Crippen LogP contribution in [0.15, 0.2) is 42.5 Å². The second kappa shape index (κ2) is 30.0. The number of nitrogens with two attached hydrogens (primary N) is 5. The topological polar surface area (TPSA) is 156 Å². The van der Waals surface area contributed by atoms with E-state index in [-0.39, 0.29) is 22.3 Å². The summed E-state index contributed by atoms with van der Waals surface area (Å²) in [6, 6.07) is 15.8. The number of fused-ring (bicyclic) bond motifs is 2. The molecule has 7 heteroatoms. The van der Waals surface area contributed by atoms with Crippen LogP contribution in [0.4, 0.5) is 11.6 Å². The Morgan fingerprint density at radius 1 is 0.426 bits per heavy atom. The number of nitrogen functional groups attached to an aromatic ring is 2. The highest BCUT2D eigenvalue weighted by Gasteiger charge is 2.11. The zero-order valence-electron chi connectivity index (χ0n) is 32.3. The second-order valence-corrected chi connectivity index (χ2v) is 14.5. The maximum atomic E-state index is 6.31. The summed E-state index contributed by atoms with van der Waals surface area (Å²) in [5.74, 6) is 1.41. The number of unbranched alkanes of at least 4 members (excludes halogenated alkanes) is 11.